The molecule has 0 bridgehead atoms. The molecule has 6 heteroatoms. The van der Waals surface area contributed by atoms with Crippen molar-refractivity contribution >= 4 is 5.96 Å². The van der Waals surface area contributed by atoms with Gasteiger partial charge in [0.15, 0.2) is 17.5 Å². The summed E-state index contributed by atoms with van der Waals surface area (Å²) in [5.41, 5.74) is 0.740. The maximum Gasteiger partial charge on any atom is 0.191 e. The lowest BCUT2D eigenvalue weighted by Crippen LogP contribution is -2.37. The van der Waals surface area contributed by atoms with Gasteiger partial charge in [-0.05, 0) is 37.5 Å². The molecule has 0 amide bonds. The van der Waals surface area contributed by atoms with Gasteiger partial charge in [0.05, 0.1) is 0 Å². The molecule has 0 aliphatic heterocycles. The van der Waals surface area contributed by atoms with E-state index in [0.717, 1.165) is 38.2 Å². The van der Waals surface area contributed by atoms with E-state index in [1.54, 1.807) is 13.1 Å². The second-order valence-electron chi connectivity index (χ2n) is 4.54. The van der Waals surface area contributed by atoms with Crippen LogP contribution in [0.2, 0.25) is 0 Å². The lowest BCUT2D eigenvalue weighted by molar-refractivity contribution is 0.143. The molecule has 1 rings (SSSR count). The van der Waals surface area contributed by atoms with E-state index in [0.29, 0.717) is 12.5 Å². The number of nitrogens with one attached hydrogen (secondary N) is 2. The highest BCUT2D eigenvalue weighted by Crippen LogP contribution is 2.15. The molecule has 0 aliphatic rings. The van der Waals surface area contributed by atoms with Crippen molar-refractivity contribution in [3.05, 3.63) is 29.6 Å². The average Bonchev–Trinajstić information content (AvgIpc) is 2.49. The van der Waals surface area contributed by atoms with Crippen molar-refractivity contribution in [3.8, 4) is 5.75 Å². The summed E-state index contributed by atoms with van der Waals surface area (Å²) in [6.07, 6.45) is 2.00. The van der Waals surface area contributed by atoms with Crippen LogP contribution < -0.4 is 10.6 Å². The van der Waals surface area contributed by atoms with E-state index in [-0.39, 0.29) is 5.75 Å². The minimum Gasteiger partial charge on any atom is -0.505 e. The first kappa shape index (κ1) is 17.2. The van der Waals surface area contributed by atoms with E-state index in [1.165, 1.54) is 12.1 Å². The number of ether oxygens (including phenoxy) is 1. The van der Waals surface area contributed by atoms with Crippen LogP contribution in [-0.2, 0) is 11.3 Å². The Morgan fingerprint density at radius 3 is 2.81 bits per heavy atom. The Labute approximate surface area is 125 Å². The van der Waals surface area contributed by atoms with Gasteiger partial charge in [-0.3, -0.25) is 4.99 Å². The highest BCUT2D eigenvalue weighted by Gasteiger charge is 2.02. The van der Waals surface area contributed by atoms with E-state index in [1.807, 2.05) is 6.92 Å². The van der Waals surface area contributed by atoms with Gasteiger partial charge in [0.2, 0.25) is 0 Å². The molecule has 0 radical (unpaired) electrons. The smallest absolute Gasteiger partial charge is 0.191 e. The summed E-state index contributed by atoms with van der Waals surface area (Å²) in [5.74, 6) is -0.288. The number of hydrogen-bond donors (Lipinski definition) is 3. The van der Waals surface area contributed by atoms with Gasteiger partial charge >= 0.3 is 0 Å². The second-order valence-corrected chi connectivity index (χ2v) is 4.54. The number of aromatic hydroxyl groups is 1. The van der Waals surface area contributed by atoms with Crippen LogP contribution in [0.3, 0.4) is 0 Å². The SMILES string of the molecule is CCOCCCCNC(=NC)NCc1ccc(O)c(F)c1. The van der Waals surface area contributed by atoms with Crippen LogP contribution in [0.5, 0.6) is 5.75 Å². The largest absolute Gasteiger partial charge is 0.505 e. The first-order valence-corrected chi connectivity index (χ1v) is 7.17. The topological polar surface area (TPSA) is 65.9 Å². The fourth-order valence-corrected chi connectivity index (χ4v) is 1.75. The number of phenols is 1. The fourth-order valence-electron chi connectivity index (χ4n) is 1.75. The third-order valence-electron chi connectivity index (χ3n) is 2.91. The molecule has 0 atom stereocenters. The van der Waals surface area contributed by atoms with Gasteiger partial charge in [-0.1, -0.05) is 6.07 Å². The Morgan fingerprint density at radius 2 is 2.14 bits per heavy atom. The van der Waals surface area contributed by atoms with Crippen LogP contribution in [0.25, 0.3) is 0 Å². The van der Waals surface area contributed by atoms with Crippen molar-refractivity contribution in [3.63, 3.8) is 0 Å². The molecule has 21 heavy (non-hydrogen) atoms. The van der Waals surface area contributed by atoms with Gasteiger partial charge in [-0.2, -0.15) is 0 Å². The van der Waals surface area contributed by atoms with Gasteiger partial charge in [0.1, 0.15) is 0 Å². The zero-order chi connectivity index (χ0) is 15.5. The molecule has 0 heterocycles. The second kappa shape index (κ2) is 9.99. The number of guanidine groups is 1. The average molecular weight is 297 g/mol. The molecule has 1 aromatic carbocycles. The van der Waals surface area contributed by atoms with Crippen molar-refractivity contribution in [2.45, 2.75) is 26.3 Å². The molecular weight excluding hydrogens is 273 g/mol. The monoisotopic (exact) mass is 297 g/mol. The van der Waals surface area contributed by atoms with Crippen molar-refractivity contribution < 1.29 is 14.2 Å². The summed E-state index contributed by atoms with van der Waals surface area (Å²) in [4.78, 5) is 4.10. The molecule has 1 aromatic rings. The molecular formula is C15H24FN3O2. The third kappa shape index (κ3) is 6.94. The Kier molecular flexibility index (Phi) is 8.19. The summed E-state index contributed by atoms with van der Waals surface area (Å²) in [5, 5.41) is 15.4. The van der Waals surface area contributed by atoms with E-state index in [2.05, 4.69) is 15.6 Å². The molecule has 0 saturated carbocycles. The zero-order valence-electron chi connectivity index (χ0n) is 12.7. The van der Waals surface area contributed by atoms with E-state index >= 15 is 0 Å². The molecule has 118 valence electrons. The Morgan fingerprint density at radius 1 is 1.33 bits per heavy atom. The predicted molar refractivity (Wildman–Crippen MR) is 82.0 cm³/mol. The van der Waals surface area contributed by atoms with Crippen LogP contribution in [0.1, 0.15) is 25.3 Å². The van der Waals surface area contributed by atoms with Crippen LogP contribution in [0.4, 0.5) is 4.39 Å². The Hall–Kier alpha value is -1.82. The third-order valence-corrected chi connectivity index (χ3v) is 2.91. The number of unbranched alkanes of at least 4 members (excludes halogenated alkanes) is 1. The van der Waals surface area contributed by atoms with Crippen molar-refractivity contribution in [2.24, 2.45) is 4.99 Å². The summed E-state index contributed by atoms with van der Waals surface area (Å²) in [6, 6.07) is 4.31. The quantitative estimate of drug-likeness (QED) is 0.390. The van der Waals surface area contributed by atoms with Crippen molar-refractivity contribution in [1.29, 1.82) is 0 Å². The molecule has 0 saturated heterocycles. The highest BCUT2D eigenvalue weighted by atomic mass is 19.1. The van der Waals surface area contributed by atoms with Gasteiger partial charge in [-0.15, -0.1) is 0 Å². The fraction of sp³-hybridized carbons (Fsp3) is 0.533. The van der Waals surface area contributed by atoms with Crippen LogP contribution in [-0.4, -0.2) is 37.9 Å². The lowest BCUT2D eigenvalue weighted by atomic mass is 10.2. The van der Waals surface area contributed by atoms with Crippen molar-refractivity contribution in [2.75, 3.05) is 26.8 Å². The maximum atomic E-state index is 13.2. The number of benzene rings is 1. The standard InChI is InChI=1S/C15H24FN3O2/c1-3-21-9-5-4-8-18-15(17-2)19-11-12-6-7-14(20)13(16)10-12/h6-7,10,20H,3-5,8-9,11H2,1-2H3,(H2,17,18,19). The highest BCUT2D eigenvalue weighted by molar-refractivity contribution is 5.79. The van der Waals surface area contributed by atoms with Crippen LogP contribution in [0.15, 0.2) is 23.2 Å². The zero-order valence-corrected chi connectivity index (χ0v) is 12.7. The summed E-state index contributed by atoms with van der Waals surface area (Å²) in [6.45, 7) is 4.75. The van der Waals surface area contributed by atoms with E-state index < -0.39 is 5.82 Å². The molecule has 0 aromatic heterocycles. The molecule has 3 N–H and O–H groups in total. The van der Waals surface area contributed by atoms with Crippen LogP contribution >= 0.6 is 0 Å². The number of rotatable bonds is 8. The Bertz CT molecular complexity index is 453. The molecule has 0 aliphatic carbocycles. The van der Waals surface area contributed by atoms with Gasteiger partial charge in [0, 0.05) is 33.4 Å². The summed E-state index contributed by atoms with van der Waals surface area (Å²) in [7, 11) is 1.69. The van der Waals surface area contributed by atoms with E-state index in [9.17, 15) is 4.39 Å². The number of nitrogens with zero attached hydrogens (tertiary/aromatic N) is 1. The first-order chi connectivity index (χ1) is 10.2. The number of halogens is 1. The molecule has 0 unspecified atom stereocenters. The van der Waals surface area contributed by atoms with Gasteiger partial charge < -0.3 is 20.5 Å². The minimum atomic E-state index is -0.617. The van der Waals surface area contributed by atoms with E-state index in [4.69, 9.17) is 9.84 Å². The molecule has 0 fully saturated rings. The number of aliphatic imine (C=N–C) groups is 1. The minimum absolute atomic E-state index is 0.337. The predicted octanol–water partition coefficient (Wildman–Crippen LogP) is 2.01. The Balaban J connectivity index is 2.26. The lowest BCUT2D eigenvalue weighted by Gasteiger charge is -2.12. The van der Waals surface area contributed by atoms with Gasteiger partial charge in [0.25, 0.3) is 0 Å². The van der Waals surface area contributed by atoms with Crippen LogP contribution in [0, 0.1) is 5.82 Å². The summed E-state index contributed by atoms with van der Waals surface area (Å²) >= 11 is 0. The number of hydrogen-bond acceptors (Lipinski definition) is 3. The first-order valence-electron chi connectivity index (χ1n) is 7.17. The van der Waals surface area contributed by atoms with Crippen molar-refractivity contribution in [1.82, 2.24) is 10.6 Å². The summed E-state index contributed by atoms with van der Waals surface area (Å²) < 4.78 is 18.5. The van der Waals surface area contributed by atoms with Gasteiger partial charge in [-0.25, -0.2) is 4.39 Å². The molecule has 0 spiro atoms. The normalized spacial score (nSPS) is 11.5. The molecule has 5 nitrogen and oxygen atoms in total. The maximum absolute atomic E-state index is 13.2. The number of phenolic OH excluding ortho intramolecular Hbond substituents is 1.